The van der Waals surface area contributed by atoms with Crippen molar-refractivity contribution in [2.45, 2.75) is 6.92 Å². The van der Waals surface area contributed by atoms with Crippen LogP contribution in [0.5, 0.6) is 5.88 Å². The zero-order valence-electron chi connectivity index (χ0n) is 8.31. The fourth-order valence-electron chi connectivity index (χ4n) is 1.14. The lowest BCUT2D eigenvalue weighted by Crippen LogP contribution is -1.94. The standard InChI is InChI=1S/C10H9NO2S2/c1-6-3-4-7(14-6)10(12)8-5-9(13-2)11-15-8/h3-5H,1-2H3. The van der Waals surface area contributed by atoms with E-state index in [0.29, 0.717) is 10.8 Å². The third-order valence-electron chi connectivity index (χ3n) is 1.89. The monoisotopic (exact) mass is 239 g/mol. The van der Waals surface area contributed by atoms with E-state index in [4.69, 9.17) is 4.74 Å². The zero-order chi connectivity index (χ0) is 10.8. The number of ketones is 1. The fraction of sp³-hybridized carbons (Fsp3) is 0.200. The van der Waals surface area contributed by atoms with Gasteiger partial charge in [0.2, 0.25) is 11.7 Å². The number of methoxy groups -OCH3 is 1. The van der Waals surface area contributed by atoms with Gasteiger partial charge in [-0.2, -0.15) is 4.37 Å². The Bertz CT molecular complexity index is 487. The highest BCUT2D eigenvalue weighted by Gasteiger charge is 2.14. The molecule has 0 aliphatic carbocycles. The van der Waals surface area contributed by atoms with Crippen molar-refractivity contribution in [3.8, 4) is 5.88 Å². The predicted octanol–water partition coefficient (Wildman–Crippen LogP) is 2.75. The molecule has 0 N–H and O–H groups in total. The van der Waals surface area contributed by atoms with Crippen molar-refractivity contribution in [1.29, 1.82) is 0 Å². The molecule has 0 atom stereocenters. The average molecular weight is 239 g/mol. The van der Waals surface area contributed by atoms with Gasteiger partial charge in [0, 0.05) is 10.9 Å². The Labute approximate surface area is 95.5 Å². The van der Waals surface area contributed by atoms with Gasteiger partial charge in [0.1, 0.15) is 4.88 Å². The van der Waals surface area contributed by atoms with Crippen LogP contribution in [0.4, 0.5) is 0 Å². The molecular formula is C10H9NO2S2. The van der Waals surface area contributed by atoms with Crippen LogP contribution in [0.15, 0.2) is 18.2 Å². The molecule has 0 unspecified atom stereocenters. The summed E-state index contributed by atoms with van der Waals surface area (Å²) in [7, 11) is 1.54. The number of aryl methyl sites for hydroxylation is 1. The maximum absolute atomic E-state index is 11.9. The van der Waals surface area contributed by atoms with E-state index in [1.165, 1.54) is 22.9 Å². The summed E-state index contributed by atoms with van der Waals surface area (Å²) in [6, 6.07) is 5.45. The number of hydrogen-bond donors (Lipinski definition) is 0. The Kier molecular flexibility index (Phi) is 2.83. The topological polar surface area (TPSA) is 39.2 Å². The molecule has 0 fully saturated rings. The fourth-order valence-corrected chi connectivity index (χ4v) is 2.69. The largest absolute Gasteiger partial charge is 0.480 e. The molecular weight excluding hydrogens is 230 g/mol. The van der Waals surface area contributed by atoms with Crippen molar-refractivity contribution in [3.63, 3.8) is 0 Å². The number of hydrogen-bond acceptors (Lipinski definition) is 5. The molecule has 2 heterocycles. The molecule has 78 valence electrons. The van der Waals surface area contributed by atoms with Crippen LogP contribution in [0.1, 0.15) is 19.4 Å². The summed E-state index contributed by atoms with van der Waals surface area (Å²) in [6.07, 6.45) is 0. The second-order valence-corrected chi connectivity index (χ2v) is 5.07. The van der Waals surface area contributed by atoms with Crippen LogP contribution < -0.4 is 4.74 Å². The molecule has 0 saturated carbocycles. The number of ether oxygens (including phenoxy) is 1. The number of carbonyl (C=O) groups is 1. The summed E-state index contributed by atoms with van der Waals surface area (Å²) in [5.41, 5.74) is 0. The van der Waals surface area contributed by atoms with E-state index in [0.717, 1.165) is 9.75 Å². The molecule has 0 radical (unpaired) electrons. The van der Waals surface area contributed by atoms with E-state index in [1.807, 2.05) is 19.1 Å². The van der Waals surface area contributed by atoms with Crippen molar-refractivity contribution in [2.24, 2.45) is 0 Å². The van der Waals surface area contributed by atoms with E-state index in [-0.39, 0.29) is 5.78 Å². The highest BCUT2D eigenvalue weighted by atomic mass is 32.1. The van der Waals surface area contributed by atoms with E-state index < -0.39 is 0 Å². The normalized spacial score (nSPS) is 10.3. The minimum absolute atomic E-state index is 0.0221. The quantitative estimate of drug-likeness (QED) is 0.773. The molecule has 0 aliphatic rings. The number of thiophene rings is 1. The van der Waals surface area contributed by atoms with E-state index in [1.54, 1.807) is 13.2 Å². The Morgan fingerprint density at radius 3 is 2.73 bits per heavy atom. The van der Waals surface area contributed by atoms with Crippen molar-refractivity contribution in [3.05, 3.63) is 32.8 Å². The maximum atomic E-state index is 11.9. The van der Waals surface area contributed by atoms with Crippen LogP contribution in [-0.2, 0) is 0 Å². The highest BCUT2D eigenvalue weighted by molar-refractivity contribution is 7.15. The summed E-state index contributed by atoms with van der Waals surface area (Å²) >= 11 is 2.66. The first-order valence-electron chi connectivity index (χ1n) is 4.32. The molecule has 5 heteroatoms. The van der Waals surface area contributed by atoms with Crippen LogP contribution in [0, 0.1) is 6.92 Å². The van der Waals surface area contributed by atoms with E-state index in [2.05, 4.69) is 4.37 Å². The lowest BCUT2D eigenvalue weighted by atomic mass is 10.3. The molecule has 0 aliphatic heterocycles. The lowest BCUT2D eigenvalue weighted by molar-refractivity contribution is 0.104. The first-order chi connectivity index (χ1) is 7.20. The van der Waals surface area contributed by atoms with E-state index in [9.17, 15) is 4.79 Å². The van der Waals surface area contributed by atoms with Crippen LogP contribution in [-0.4, -0.2) is 17.3 Å². The average Bonchev–Trinajstić information content (AvgIpc) is 2.84. The van der Waals surface area contributed by atoms with E-state index >= 15 is 0 Å². The van der Waals surface area contributed by atoms with Gasteiger partial charge in [-0.05, 0) is 30.6 Å². The molecule has 0 amide bonds. The number of carbonyl (C=O) groups excluding carboxylic acids is 1. The summed E-state index contributed by atoms with van der Waals surface area (Å²) in [5, 5.41) is 0. The highest BCUT2D eigenvalue weighted by Crippen LogP contribution is 2.23. The van der Waals surface area contributed by atoms with Crippen LogP contribution in [0.25, 0.3) is 0 Å². The summed E-state index contributed by atoms with van der Waals surface area (Å²) < 4.78 is 8.93. The Hall–Kier alpha value is -1.20. The second-order valence-electron chi connectivity index (χ2n) is 2.97. The Balaban J connectivity index is 2.28. The molecule has 2 rings (SSSR count). The lowest BCUT2D eigenvalue weighted by Gasteiger charge is -1.90. The first-order valence-corrected chi connectivity index (χ1v) is 5.91. The van der Waals surface area contributed by atoms with Crippen molar-refractivity contribution in [2.75, 3.05) is 7.11 Å². The Morgan fingerprint density at radius 1 is 1.40 bits per heavy atom. The van der Waals surface area contributed by atoms with Crippen LogP contribution in [0.3, 0.4) is 0 Å². The van der Waals surface area contributed by atoms with Gasteiger partial charge < -0.3 is 4.74 Å². The number of rotatable bonds is 3. The zero-order valence-corrected chi connectivity index (χ0v) is 9.95. The minimum Gasteiger partial charge on any atom is -0.480 e. The van der Waals surface area contributed by atoms with Gasteiger partial charge in [0.25, 0.3) is 0 Å². The summed E-state index contributed by atoms with van der Waals surface area (Å²) in [4.78, 5) is 14.4. The molecule has 3 nitrogen and oxygen atoms in total. The first kappa shape index (κ1) is 10.3. The molecule has 0 bridgehead atoms. The van der Waals surface area contributed by atoms with Crippen molar-refractivity contribution in [1.82, 2.24) is 4.37 Å². The second kappa shape index (κ2) is 4.12. The molecule has 0 saturated heterocycles. The van der Waals surface area contributed by atoms with Crippen LogP contribution in [0.2, 0.25) is 0 Å². The number of aromatic nitrogens is 1. The minimum atomic E-state index is 0.0221. The third-order valence-corrected chi connectivity index (χ3v) is 3.66. The summed E-state index contributed by atoms with van der Waals surface area (Å²) in [6.45, 7) is 1.98. The van der Waals surface area contributed by atoms with Crippen molar-refractivity contribution >= 4 is 28.7 Å². The SMILES string of the molecule is COc1cc(C(=O)c2ccc(C)s2)sn1. The molecule has 2 aromatic rings. The predicted molar refractivity (Wildman–Crippen MR) is 61.2 cm³/mol. The summed E-state index contributed by atoms with van der Waals surface area (Å²) in [5.74, 6) is 0.519. The third kappa shape index (κ3) is 2.08. The number of nitrogens with zero attached hydrogens (tertiary/aromatic N) is 1. The van der Waals surface area contributed by atoms with Gasteiger partial charge in [0.05, 0.1) is 12.0 Å². The smallest absolute Gasteiger partial charge is 0.225 e. The van der Waals surface area contributed by atoms with Gasteiger partial charge in [-0.15, -0.1) is 11.3 Å². The molecule has 2 aromatic heterocycles. The van der Waals surface area contributed by atoms with Gasteiger partial charge in [-0.3, -0.25) is 4.79 Å². The van der Waals surface area contributed by atoms with Gasteiger partial charge in [-0.25, -0.2) is 0 Å². The van der Waals surface area contributed by atoms with Gasteiger partial charge >= 0.3 is 0 Å². The van der Waals surface area contributed by atoms with Gasteiger partial charge in [-0.1, -0.05) is 0 Å². The Morgan fingerprint density at radius 2 is 2.20 bits per heavy atom. The maximum Gasteiger partial charge on any atom is 0.225 e. The molecule has 0 spiro atoms. The van der Waals surface area contributed by atoms with Crippen molar-refractivity contribution < 1.29 is 9.53 Å². The van der Waals surface area contributed by atoms with Crippen LogP contribution >= 0.6 is 22.9 Å². The molecule has 15 heavy (non-hydrogen) atoms. The van der Waals surface area contributed by atoms with Gasteiger partial charge in [0.15, 0.2) is 0 Å². The molecule has 0 aromatic carbocycles.